The van der Waals surface area contributed by atoms with Gasteiger partial charge in [-0.25, -0.2) is 4.79 Å². The van der Waals surface area contributed by atoms with Gasteiger partial charge in [-0.15, -0.1) is 0 Å². The topological polar surface area (TPSA) is 84.9 Å². The highest BCUT2D eigenvalue weighted by Gasteiger charge is 2.14. The number of amides is 1. The average Bonchev–Trinajstić information content (AvgIpc) is 2.47. The molecule has 0 radical (unpaired) electrons. The standard InChI is InChI=1S/C19H29NO5/c1-12(2)10-14(5)24-9-8-18(21)20-16-11-15(19(22)23)6-7-17(16)25-13(3)4/h6-7,11-14H,8-10H2,1-5H3,(H,20,21)(H,22,23). The van der Waals surface area contributed by atoms with Crippen molar-refractivity contribution in [1.29, 1.82) is 0 Å². The summed E-state index contributed by atoms with van der Waals surface area (Å²) in [4.78, 5) is 23.3. The Kier molecular flexibility index (Phi) is 8.41. The molecule has 2 N–H and O–H groups in total. The summed E-state index contributed by atoms with van der Waals surface area (Å²) >= 11 is 0. The highest BCUT2D eigenvalue weighted by atomic mass is 16.5. The van der Waals surface area contributed by atoms with Crippen LogP contribution in [0.4, 0.5) is 5.69 Å². The lowest BCUT2D eigenvalue weighted by molar-refractivity contribution is -0.117. The van der Waals surface area contributed by atoms with Crippen molar-refractivity contribution < 1.29 is 24.2 Å². The number of carbonyl (C=O) groups is 2. The number of ether oxygens (including phenoxy) is 2. The minimum Gasteiger partial charge on any atom is -0.489 e. The Bertz CT molecular complexity index is 583. The molecule has 140 valence electrons. The van der Waals surface area contributed by atoms with Gasteiger partial charge in [0.1, 0.15) is 5.75 Å². The van der Waals surface area contributed by atoms with Gasteiger partial charge in [-0.3, -0.25) is 4.79 Å². The highest BCUT2D eigenvalue weighted by molar-refractivity contribution is 5.95. The third-order valence-corrected chi connectivity index (χ3v) is 3.40. The zero-order valence-electron chi connectivity index (χ0n) is 15.7. The molecular formula is C19H29NO5. The van der Waals surface area contributed by atoms with Crippen LogP contribution in [0, 0.1) is 5.92 Å². The fraction of sp³-hybridized carbons (Fsp3) is 0.579. The van der Waals surface area contributed by atoms with Gasteiger partial charge in [0.25, 0.3) is 0 Å². The van der Waals surface area contributed by atoms with E-state index < -0.39 is 5.97 Å². The normalized spacial score (nSPS) is 12.3. The van der Waals surface area contributed by atoms with Crippen molar-refractivity contribution in [3.63, 3.8) is 0 Å². The predicted molar refractivity (Wildman–Crippen MR) is 97.3 cm³/mol. The SMILES string of the molecule is CC(C)CC(C)OCCC(=O)Nc1cc(C(=O)O)ccc1OC(C)C. The predicted octanol–water partition coefficient (Wildman–Crippen LogP) is 3.95. The Labute approximate surface area is 149 Å². The van der Waals surface area contributed by atoms with Crippen LogP contribution in [-0.2, 0) is 9.53 Å². The second kappa shape index (κ2) is 10.0. The largest absolute Gasteiger partial charge is 0.489 e. The number of hydrogen-bond donors (Lipinski definition) is 2. The van der Waals surface area contributed by atoms with Gasteiger partial charge in [0.15, 0.2) is 0 Å². The second-order valence-electron chi connectivity index (χ2n) is 6.79. The van der Waals surface area contributed by atoms with Crippen molar-refractivity contribution in [2.75, 3.05) is 11.9 Å². The maximum atomic E-state index is 12.1. The molecule has 0 fully saturated rings. The first kappa shape index (κ1) is 21.0. The number of anilines is 1. The van der Waals surface area contributed by atoms with E-state index >= 15 is 0 Å². The van der Waals surface area contributed by atoms with E-state index in [1.165, 1.54) is 12.1 Å². The smallest absolute Gasteiger partial charge is 0.335 e. The third kappa shape index (κ3) is 8.03. The van der Waals surface area contributed by atoms with Crippen molar-refractivity contribution >= 4 is 17.6 Å². The third-order valence-electron chi connectivity index (χ3n) is 3.40. The van der Waals surface area contributed by atoms with E-state index in [2.05, 4.69) is 19.2 Å². The van der Waals surface area contributed by atoms with Crippen LogP contribution in [0.15, 0.2) is 18.2 Å². The van der Waals surface area contributed by atoms with E-state index in [4.69, 9.17) is 14.6 Å². The number of hydrogen-bond acceptors (Lipinski definition) is 4. The van der Waals surface area contributed by atoms with Crippen LogP contribution in [0.1, 0.15) is 57.8 Å². The van der Waals surface area contributed by atoms with Crippen LogP contribution >= 0.6 is 0 Å². The van der Waals surface area contributed by atoms with E-state index in [1.807, 2.05) is 20.8 Å². The van der Waals surface area contributed by atoms with Gasteiger partial charge in [-0.1, -0.05) is 13.8 Å². The summed E-state index contributed by atoms with van der Waals surface area (Å²) in [6, 6.07) is 4.41. The summed E-state index contributed by atoms with van der Waals surface area (Å²) in [5, 5.41) is 11.8. The molecule has 1 unspecified atom stereocenters. The molecule has 6 nitrogen and oxygen atoms in total. The highest BCUT2D eigenvalue weighted by Crippen LogP contribution is 2.27. The quantitative estimate of drug-likeness (QED) is 0.667. The van der Waals surface area contributed by atoms with Crippen LogP contribution in [0.5, 0.6) is 5.75 Å². The number of rotatable bonds is 10. The van der Waals surface area contributed by atoms with Crippen LogP contribution in [-0.4, -0.2) is 35.8 Å². The summed E-state index contributed by atoms with van der Waals surface area (Å²) in [6.45, 7) is 10.3. The first-order valence-corrected chi connectivity index (χ1v) is 8.64. The molecule has 0 aliphatic carbocycles. The number of carboxylic acids is 1. The van der Waals surface area contributed by atoms with E-state index in [9.17, 15) is 9.59 Å². The molecule has 0 bridgehead atoms. The Hall–Kier alpha value is -2.08. The Morgan fingerprint density at radius 3 is 2.40 bits per heavy atom. The molecule has 0 saturated heterocycles. The molecule has 1 atom stereocenters. The number of nitrogens with one attached hydrogen (secondary N) is 1. The fourth-order valence-electron chi connectivity index (χ4n) is 2.41. The molecule has 1 aromatic carbocycles. The van der Waals surface area contributed by atoms with Crippen LogP contribution < -0.4 is 10.1 Å². The van der Waals surface area contributed by atoms with Gasteiger partial charge in [0.2, 0.25) is 5.91 Å². The van der Waals surface area contributed by atoms with Crippen molar-refractivity contribution in [2.24, 2.45) is 5.92 Å². The Morgan fingerprint density at radius 1 is 1.16 bits per heavy atom. The molecule has 0 saturated carbocycles. The van der Waals surface area contributed by atoms with Crippen molar-refractivity contribution in [2.45, 2.75) is 59.7 Å². The van der Waals surface area contributed by atoms with Crippen molar-refractivity contribution in [1.82, 2.24) is 0 Å². The number of carboxylic acid groups (broad SMARTS) is 1. The van der Waals surface area contributed by atoms with Gasteiger partial charge in [-0.05, 0) is 51.3 Å². The van der Waals surface area contributed by atoms with Gasteiger partial charge in [0.05, 0.1) is 36.5 Å². The second-order valence-corrected chi connectivity index (χ2v) is 6.79. The lowest BCUT2D eigenvalue weighted by Crippen LogP contribution is -2.19. The Balaban J connectivity index is 2.67. The van der Waals surface area contributed by atoms with E-state index in [0.29, 0.717) is 24.0 Å². The van der Waals surface area contributed by atoms with Crippen LogP contribution in [0.25, 0.3) is 0 Å². The monoisotopic (exact) mass is 351 g/mol. The number of carbonyl (C=O) groups excluding carboxylic acids is 1. The summed E-state index contributed by atoms with van der Waals surface area (Å²) in [7, 11) is 0. The minimum atomic E-state index is -1.06. The minimum absolute atomic E-state index is 0.0909. The van der Waals surface area contributed by atoms with Gasteiger partial charge in [-0.2, -0.15) is 0 Å². The number of aromatic carboxylic acids is 1. The lowest BCUT2D eigenvalue weighted by Gasteiger charge is -2.17. The first-order valence-electron chi connectivity index (χ1n) is 8.64. The van der Waals surface area contributed by atoms with Crippen LogP contribution in [0.3, 0.4) is 0 Å². The molecule has 1 aromatic rings. The maximum absolute atomic E-state index is 12.1. The molecule has 0 aliphatic heterocycles. The molecule has 1 rings (SSSR count). The maximum Gasteiger partial charge on any atom is 0.335 e. The summed E-state index contributed by atoms with van der Waals surface area (Å²) in [6.07, 6.45) is 1.14. The summed E-state index contributed by atoms with van der Waals surface area (Å²) in [5.41, 5.74) is 0.446. The van der Waals surface area contributed by atoms with E-state index in [1.54, 1.807) is 6.07 Å². The number of benzene rings is 1. The van der Waals surface area contributed by atoms with Gasteiger partial charge >= 0.3 is 5.97 Å². The molecule has 0 heterocycles. The molecule has 0 aliphatic rings. The first-order chi connectivity index (χ1) is 11.7. The Morgan fingerprint density at radius 2 is 1.84 bits per heavy atom. The van der Waals surface area contributed by atoms with E-state index in [0.717, 1.165) is 6.42 Å². The zero-order chi connectivity index (χ0) is 19.0. The van der Waals surface area contributed by atoms with Gasteiger partial charge in [0, 0.05) is 0 Å². The molecule has 6 heteroatoms. The zero-order valence-corrected chi connectivity index (χ0v) is 15.7. The van der Waals surface area contributed by atoms with Gasteiger partial charge < -0.3 is 19.9 Å². The summed E-state index contributed by atoms with van der Waals surface area (Å²) < 4.78 is 11.3. The molecule has 1 amide bonds. The molecule has 0 spiro atoms. The fourth-order valence-corrected chi connectivity index (χ4v) is 2.41. The van der Waals surface area contributed by atoms with Crippen molar-refractivity contribution in [3.05, 3.63) is 23.8 Å². The van der Waals surface area contributed by atoms with E-state index in [-0.39, 0.29) is 30.1 Å². The average molecular weight is 351 g/mol. The van der Waals surface area contributed by atoms with Crippen LogP contribution in [0.2, 0.25) is 0 Å². The molecule has 0 aromatic heterocycles. The molecular weight excluding hydrogens is 322 g/mol. The molecule has 25 heavy (non-hydrogen) atoms. The summed E-state index contributed by atoms with van der Waals surface area (Å²) in [5.74, 6) is -0.314. The van der Waals surface area contributed by atoms with Crippen molar-refractivity contribution in [3.8, 4) is 5.75 Å². The lowest BCUT2D eigenvalue weighted by atomic mass is 10.1.